The van der Waals surface area contributed by atoms with Crippen molar-refractivity contribution in [1.82, 2.24) is 0 Å². The molecule has 0 aliphatic carbocycles. The molecular weight excluding hydrogens is 104 g/mol. The number of rotatable bonds is 1. The van der Waals surface area contributed by atoms with Gasteiger partial charge >= 0.3 is 6.04 Å². The maximum Gasteiger partial charge on any atom is 0.364 e. The van der Waals surface area contributed by atoms with Crippen molar-refractivity contribution in [3.8, 4) is 6.07 Å². The van der Waals surface area contributed by atoms with E-state index in [2.05, 4.69) is 4.85 Å². The molecule has 0 aromatic carbocycles. The fraction of sp³-hybridized carbons (Fsp3) is 0.400. The summed E-state index contributed by atoms with van der Waals surface area (Å²) in [5.41, 5.74) is 0. The summed E-state index contributed by atoms with van der Waals surface area (Å²) in [6.45, 7) is 7.50. The minimum atomic E-state index is -1.09. The number of hydrogen-bond donors (Lipinski definition) is 0. The largest absolute Gasteiger partial charge is 0.364 e. The Morgan fingerprint density at radius 1 is 2.00 bits per heavy atom. The Morgan fingerprint density at radius 3 is 2.50 bits per heavy atom. The number of ketones is 1. The Labute approximate surface area is 47.4 Å². The average molecular weight is 108 g/mol. The van der Waals surface area contributed by atoms with E-state index in [0.717, 1.165) is 0 Å². The van der Waals surface area contributed by atoms with Crippen molar-refractivity contribution >= 4 is 5.78 Å². The van der Waals surface area contributed by atoms with Gasteiger partial charge in [0.15, 0.2) is 6.07 Å². The Hall–Kier alpha value is -1.35. The molecule has 3 heteroatoms. The predicted molar refractivity (Wildman–Crippen MR) is 26.7 cm³/mol. The molecule has 0 rings (SSSR count). The van der Waals surface area contributed by atoms with Gasteiger partial charge in [0.2, 0.25) is 5.78 Å². The van der Waals surface area contributed by atoms with Gasteiger partial charge in [-0.1, -0.05) is 0 Å². The zero-order valence-corrected chi connectivity index (χ0v) is 4.38. The van der Waals surface area contributed by atoms with Gasteiger partial charge in [0.25, 0.3) is 0 Å². The van der Waals surface area contributed by atoms with Crippen LogP contribution in [0.1, 0.15) is 6.92 Å². The molecule has 1 unspecified atom stereocenters. The first-order valence-corrected chi connectivity index (χ1v) is 1.99. The SMILES string of the molecule is [C-]#[N+]C(C#N)C(C)=O. The topological polar surface area (TPSA) is 45.2 Å². The lowest BCUT2D eigenvalue weighted by molar-refractivity contribution is -0.116. The van der Waals surface area contributed by atoms with Crippen molar-refractivity contribution in [1.29, 1.82) is 5.26 Å². The number of carbonyl (C=O) groups is 1. The molecule has 1 atom stereocenters. The molecule has 40 valence electrons. The molecule has 0 spiro atoms. The van der Waals surface area contributed by atoms with Crippen molar-refractivity contribution in [3.63, 3.8) is 0 Å². The van der Waals surface area contributed by atoms with E-state index in [0.29, 0.717) is 0 Å². The zero-order chi connectivity index (χ0) is 6.57. The second-order valence-electron chi connectivity index (χ2n) is 1.27. The number of Topliss-reactive ketones (excluding diaryl/α,β-unsaturated/α-hetero) is 1. The Kier molecular flexibility index (Phi) is 2.30. The predicted octanol–water partition coefficient (Wildman–Crippen LogP) is 0.387. The monoisotopic (exact) mass is 108 g/mol. The summed E-state index contributed by atoms with van der Waals surface area (Å²) in [6.07, 6.45) is 0. The Bertz CT molecular complexity index is 158. The van der Waals surface area contributed by atoms with Gasteiger partial charge in [-0.05, 0) is 0 Å². The molecule has 0 amide bonds. The van der Waals surface area contributed by atoms with Crippen molar-refractivity contribution in [3.05, 3.63) is 11.4 Å². The fourth-order valence-electron chi connectivity index (χ4n) is 0.211. The maximum absolute atomic E-state index is 10.2. The van der Waals surface area contributed by atoms with Crippen LogP contribution in [0.3, 0.4) is 0 Å². The van der Waals surface area contributed by atoms with E-state index in [4.69, 9.17) is 11.8 Å². The van der Waals surface area contributed by atoms with Gasteiger partial charge < -0.3 is 0 Å². The van der Waals surface area contributed by atoms with Gasteiger partial charge in [-0.2, -0.15) is 5.26 Å². The van der Waals surface area contributed by atoms with Crippen LogP contribution in [-0.4, -0.2) is 11.8 Å². The first-order chi connectivity index (χ1) is 3.72. The minimum absolute atomic E-state index is 0.387. The number of hydrogen-bond acceptors (Lipinski definition) is 2. The first kappa shape index (κ1) is 6.65. The first-order valence-electron chi connectivity index (χ1n) is 1.99. The summed E-state index contributed by atoms with van der Waals surface area (Å²) >= 11 is 0. The van der Waals surface area contributed by atoms with Gasteiger partial charge in [0.1, 0.15) is 0 Å². The zero-order valence-electron chi connectivity index (χ0n) is 4.38. The van der Waals surface area contributed by atoms with Crippen LogP contribution >= 0.6 is 0 Å². The highest BCUT2D eigenvalue weighted by Crippen LogP contribution is 1.87. The summed E-state index contributed by atoms with van der Waals surface area (Å²) in [4.78, 5) is 12.9. The summed E-state index contributed by atoms with van der Waals surface area (Å²) < 4.78 is 0. The van der Waals surface area contributed by atoms with E-state index < -0.39 is 6.04 Å². The molecule has 0 aromatic rings. The minimum Gasteiger partial charge on any atom is -0.290 e. The number of nitrogens with zero attached hydrogens (tertiary/aromatic N) is 2. The highest BCUT2D eigenvalue weighted by atomic mass is 16.1. The van der Waals surface area contributed by atoms with Crippen LogP contribution in [-0.2, 0) is 4.79 Å². The molecule has 0 aliphatic rings. The third-order valence-corrected chi connectivity index (χ3v) is 0.636. The molecule has 0 aromatic heterocycles. The second kappa shape index (κ2) is 2.76. The van der Waals surface area contributed by atoms with Crippen LogP contribution < -0.4 is 0 Å². The summed E-state index contributed by atoms with van der Waals surface area (Å²) in [5.74, 6) is -0.387. The highest BCUT2D eigenvalue weighted by Gasteiger charge is 2.15. The standard InChI is InChI=1S/C5H4N2O/c1-4(8)5(3-6)7-2/h5H,1H3. The number of carbonyl (C=O) groups excluding carboxylic acids is 1. The van der Waals surface area contributed by atoms with E-state index in [1.54, 1.807) is 6.07 Å². The molecule has 0 heterocycles. The molecule has 0 aliphatic heterocycles. The molecule has 0 N–H and O–H groups in total. The van der Waals surface area contributed by atoms with Gasteiger partial charge in [0.05, 0.1) is 0 Å². The molecule has 0 bridgehead atoms. The summed E-state index contributed by atoms with van der Waals surface area (Å²) in [5, 5.41) is 8.01. The molecule has 3 nitrogen and oxygen atoms in total. The van der Waals surface area contributed by atoms with Crippen LogP contribution in [0.4, 0.5) is 0 Å². The van der Waals surface area contributed by atoms with Gasteiger partial charge in [-0.15, -0.1) is 0 Å². The summed E-state index contributed by atoms with van der Waals surface area (Å²) in [7, 11) is 0. The van der Waals surface area contributed by atoms with Crippen molar-refractivity contribution in [2.75, 3.05) is 0 Å². The molecule has 0 fully saturated rings. The highest BCUT2D eigenvalue weighted by molar-refractivity contribution is 5.85. The molecular formula is C5H4N2O. The molecule has 0 saturated heterocycles. The van der Waals surface area contributed by atoms with Crippen LogP contribution in [0.15, 0.2) is 0 Å². The molecule has 8 heavy (non-hydrogen) atoms. The normalized spacial score (nSPS) is 10.9. The lowest BCUT2D eigenvalue weighted by atomic mass is 10.2. The van der Waals surface area contributed by atoms with Gasteiger partial charge in [0, 0.05) is 6.92 Å². The van der Waals surface area contributed by atoms with Crippen molar-refractivity contribution in [2.45, 2.75) is 13.0 Å². The third kappa shape index (κ3) is 1.40. The van der Waals surface area contributed by atoms with Crippen molar-refractivity contribution in [2.24, 2.45) is 0 Å². The third-order valence-electron chi connectivity index (χ3n) is 0.636. The lowest BCUT2D eigenvalue weighted by Gasteiger charge is -1.82. The molecule has 0 saturated carbocycles. The van der Waals surface area contributed by atoms with E-state index in [9.17, 15) is 4.79 Å². The van der Waals surface area contributed by atoms with Crippen LogP contribution in [0.2, 0.25) is 0 Å². The smallest absolute Gasteiger partial charge is 0.290 e. The van der Waals surface area contributed by atoms with Crippen LogP contribution in [0.5, 0.6) is 0 Å². The van der Waals surface area contributed by atoms with E-state index in [1.807, 2.05) is 0 Å². The van der Waals surface area contributed by atoms with Gasteiger partial charge in [-0.3, -0.25) is 9.64 Å². The average Bonchev–Trinajstić information content (AvgIpc) is 1.69. The lowest BCUT2D eigenvalue weighted by Crippen LogP contribution is -2.08. The van der Waals surface area contributed by atoms with Gasteiger partial charge in [-0.25, -0.2) is 6.57 Å². The van der Waals surface area contributed by atoms with Crippen molar-refractivity contribution < 1.29 is 4.79 Å². The van der Waals surface area contributed by atoms with E-state index >= 15 is 0 Å². The van der Waals surface area contributed by atoms with E-state index in [1.165, 1.54) is 6.92 Å². The Balaban J connectivity index is 4.02. The van der Waals surface area contributed by atoms with E-state index in [-0.39, 0.29) is 5.78 Å². The summed E-state index contributed by atoms with van der Waals surface area (Å²) in [6, 6.07) is 0.459. The Morgan fingerprint density at radius 2 is 2.50 bits per heavy atom. The molecule has 0 radical (unpaired) electrons. The second-order valence-corrected chi connectivity index (χ2v) is 1.27. The van der Waals surface area contributed by atoms with Crippen LogP contribution in [0, 0.1) is 17.9 Å². The quantitative estimate of drug-likeness (QED) is 0.456. The van der Waals surface area contributed by atoms with Crippen LogP contribution in [0.25, 0.3) is 4.85 Å². The number of nitriles is 1. The fourth-order valence-corrected chi connectivity index (χ4v) is 0.211. The maximum atomic E-state index is 10.2.